The number of hydrogen-bond acceptors (Lipinski definition) is 6. The number of Topliss-reactive ketones (excluding diaryl/α,β-unsaturated/α-hetero) is 1. The number of ketones is 1. The summed E-state index contributed by atoms with van der Waals surface area (Å²) in [5.41, 5.74) is 2.37. The molecule has 1 atom stereocenters. The van der Waals surface area contributed by atoms with E-state index in [1.807, 2.05) is 29.8 Å². The smallest absolute Gasteiger partial charge is 0.232 e. The first-order valence-corrected chi connectivity index (χ1v) is 11.1. The molecule has 0 radical (unpaired) electrons. The fourth-order valence-corrected chi connectivity index (χ4v) is 4.93. The molecule has 0 aliphatic carbocycles. The van der Waals surface area contributed by atoms with E-state index in [0.29, 0.717) is 29.2 Å². The molecule has 2 aliphatic rings. The van der Waals surface area contributed by atoms with Gasteiger partial charge in [0.1, 0.15) is 11.5 Å². The van der Waals surface area contributed by atoms with Crippen molar-refractivity contribution in [3.8, 4) is 11.5 Å². The number of aromatic nitrogens is 1. The maximum absolute atomic E-state index is 12.9. The molecule has 2 aliphatic heterocycles. The number of rotatable bonds is 4. The van der Waals surface area contributed by atoms with Crippen LogP contribution in [0.5, 0.6) is 11.5 Å². The van der Waals surface area contributed by atoms with Gasteiger partial charge < -0.3 is 9.84 Å². The third kappa shape index (κ3) is 3.53. The number of nitrogens with zero attached hydrogens (tertiary/aromatic N) is 2. The Kier molecular flexibility index (Phi) is 5.11. The molecule has 0 unspecified atom stereocenters. The van der Waals surface area contributed by atoms with Crippen LogP contribution in [0.25, 0.3) is 6.08 Å². The molecule has 0 amide bonds. The Balaban J connectivity index is 1.47. The maximum atomic E-state index is 12.9. The van der Waals surface area contributed by atoms with Crippen LogP contribution in [0, 0.1) is 0 Å². The summed E-state index contributed by atoms with van der Waals surface area (Å²) in [6.45, 7) is 1.45. The molecular weight excluding hydrogens is 396 g/mol. The topological polar surface area (TPSA) is 62.7 Å². The summed E-state index contributed by atoms with van der Waals surface area (Å²) in [6, 6.07) is 11.4. The molecule has 5 rings (SSSR count). The molecule has 2 aromatic heterocycles. The predicted octanol–water partition coefficient (Wildman–Crippen LogP) is 5.19. The van der Waals surface area contributed by atoms with E-state index in [0.717, 1.165) is 30.7 Å². The molecule has 6 heteroatoms. The van der Waals surface area contributed by atoms with Gasteiger partial charge >= 0.3 is 0 Å². The van der Waals surface area contributed by atoms with Crippen LogP contribution in [0.4, 0.5) is 0 Å². The SMILES string of the molecule is O=C1/C(=C/c2cccs2)Oc2c1ccc(O)c2CN1CCCC[C@H]1c1cccnc1. The molecule has 0 saturated carbocycles. The number of ether oxygens (including phenoxy) is 1. The van der Waals surface area contributed by atoms with Crippen LogP contribution in [0.1, 0.15) is 51.7 Å². The monoisotopic (exact) mass is 418 g/mol. The largest absolute Gasteiger partial charge is 0.507 e. The molecule has 5 nitrogen and oxygen atoms in total. The molecule has 1 N–H and O–H groups in total. The van der Waals surface area contributed by atoms with Gasteiger partial charge in [0, 0.05) is 35.9 Å². The van der Waals surface area contributed by atoms with Gasteiger partial charge in [-0.1, -0.05) is 18.6 Å². The van der Waals surface area contributed by atoms with E-state index in [-0.39, 0.29) is 17.6 Å². The number of fused-ring (bicyclic) bond motifs is 1. The summed E-state index contributed by atoms with van der Waals surface area (Å²) in [5.74, 6) is 0.816. The molecule has 0 spiro atoms. The second kappa shape index (κ2) is 8.05. The summed E-state index contributed by atoms with van der Waals surface area (Å²) in [7, 11) is 0. The predicted molar refractivity (Wildman–Crippen MR) is 117 cm³/mol. The Bertz CT molecular complexity index is 1090. The Morgan fingerprint density at radius 3 is 2.97 bits per heavy atom. The van der Waals surface area contributed by atoms with Gasteiger partial charge in [-0.15, -0.1) is 11.3 Å². The Morgan fingerprint density at radius 2 is 2.17 bits per heavy atom. The summed E-state index contributed by atoms with van der Waals surface area (Å²) >= 11 is 1.55. The van der Waals surface area contributed by atoms with Crippen molar-refractivity contribution in [2.45, 2.75) is 31.8 Å². The lowest BCUT2D eigenvalue weighted by molar-refractivity contribution is 0.101. The molecule has 0 bridgehead atoms. The van der Waals surface area contributed by atoms with Crippen molar-refractivity contribution in [1.29, 1.82) is 0 Å². The number of pyridine rings is 1. The molecule has 30 heavy (non-hydrogen) atoms. The van der Waals surface area contributed by atoms with E-state index >= 15 is 0 Å². The number of allylic oxidation sites excluding steroid dienone is 1. The van der Waals surface area contributed by atoms with Crippen LogP contribution >= 0.6 is 11.3 Å². The first-order valence-electron chi connectivity index (χ1n) is 10.2. The van der Waals surface area contributed by atoms with E-state index < -0.39 is 0 Å². The molecule has 152 valence electrons. The molecule has 4 heterocycles. The summed E-state index contributed by atoms with van der Waals surface area (Å²) in [5, 5.41) is 12.6. The molecule has 1 saturated heterocycles. The number of likely N-dealkylation sites (tertiary alicyclic amines) is 1. The van der Waals surface area contributed by atoms with Gasteiger partial charge in [-0.3, -0.25) is 14.7 Å². The van der Waals surface area contributed by atoms with Crippen molar-refractivity contribution in [3.05, 3.63) is 81.5 Å². The lowest BCUT2D eigenvalue weighted by Crippen LogP contribution is -2.33. The average Bonchev–Trinajstić information content (AvgIpc) is 3.40. The average molecular weight is 419 g/mol. The molecule has 1 aromatic carbocycles. The highest BCUT2D eigenvalue weighted by molar-refractivity contribution is 7.10. The fourth-order valence-electron chi connectivity index (χ4n) is 4.29. The maximum Gasteiger partial charge on any atom is 0.232 e. The second-order valence-corrected chi connectivity index (χ2v) is 8.64. The van der Waals surface area contributed by atoms with Gasteiger partial charge in [0.15, 0.2) is 5.76 Å². The van der Waals surface area contributed by atoms with Gasteiger partial charge in [-0.25, -0.2) is 0 Å². The van der Waals surface area contributed by atoms with Crippen molar-refractivity contribution in [3.63, 3.8) is 0 Å². The molecular formula is C24H22N2O3S. The normalized spacial score (nSPS) is 20.3. The molecule has 1 fully saturated rings. The van der Waals surface area contributed by atoms with Gasteiger partial charge in [-0.2, -0.15) is 0 Å². The quantitative estimate of drug-likeness (QED) is 0.591. The van der Waals surface area contributed by atoms with Crippen LogP contribution in [0.3, 0.4) is 0 Å². The highest BCUT2D eigenvalue weighted by atomic mass is 32.1. The van der Waals surface area contributed by atoms with Crippen molar-refractivity contribution in [2.24, 2.45) is 0 Å². The number of phenolic OH excluding ortho intramolecular Hbond substituents is 1. The number of piperidine rings is 1. The van der Waals surface area contributed by atoms with Crippen LogP contribution in [0.2, 0.25) is 0 Å². The van der Waals surface area contributed by atoms with Crippen molar-refractivity contribution < 1.29 is 14.6 Å². The van der Waals surface area contributed by atoms with Crippen LogP contribution in [-0.2, 0) is 6.54 Å². The minimum absolute atomic E-state index is 0.137. The minimum Gasteiger partial charge on any atom is -0.507 e. The number of thiophene rings is 1. The Morgan fingerprint density at radius 1 is 1.23 bits per heavy atom. The van der Waals surface area contributed by atoms with Crippen molar-refractivity contribution in [1.82, 2.24) is 9.88 Å². The summed E-state index contributed by atoms with van der Waals surface area (Å²) in [4.78, 5) is 20.5. The summed E-state index contributed by atoms with van der Waals surface area (Å²) in [6.07, 6.45) is 8.79. The summed E-state index contributed by atoms with van der Waals surface area (Å²) < 4.78 is 6.01. The van der Waals surface area contributed by atoms with E-state index in [1.54, 1.807) is 35.7 Å². The fraction of sp³-hybridized carbons (Fsp3) is 0.250. The van der Waals surface area contributed by atoms with Crippen molar-refractivity contribution >= 4 is 23.2 Å². The highest BCUT2D eigenvalue weighted by Gasteiger charge is 2.33. The standard InChI is InChI=1S/C24H22N2O3S/c27-21-9-8-18-23(28)22(13-17-6-4-12-30-17)29-24(18)19(21)15-26-11-2-1-7-20(26)16-5-3-10-25-14-16/h3-6,8-10,12-14,20,27H,1-2,7,11,15H2/b22-13-/t20-/m0/s1. The third-order valence-electron chi connectivity index (χ3n) is 5.78. The number of hydrogen-bond donors (Lipinski definition) is 1. The second-order valence-electron chi connectivity index (χ2n) is 7.66. The lowest BCUT2D eigenvalue weighted by Gasteiger charge is -2.36. The number of aromatic hydroxyl groups is 1. The van der Waals surface area contributed by atoms with E-state index in [2.05, 4.69) is 16.0 Å². The zero-order valence-electron chi connectivity index (χ0n) is 16.5. The van der Waals surface area contributed by atoms with Gasteiger partial charge in [-0.05, 0) is 54.6 Å². The first-order chi connectivity index (χ1) is 14.7. The van der Waals surface area contributed by atoms with Gasteiger partial charge in [0.05, 0.1) is 11.1 Å². The van der Waals surface area contributed by atoms with Crippen molar-refractivity contribution in [2.75, 3.05) is 6.54 Å². The van der Waals surface area contributed by atoms with E-state index in [9.17, 15) is 9.90 Å². The Hall–Kier alpha value is -2.96. The Labute approximate surface area is 179 Å². The third-order valence-corrected chi connectivity index (χ3v) is 6.60. The lowest BCUT2D eigenvalue weighted by atomic mass is 9.95. The number of carbonyl (C=O) groups is 1. The van der Waals surface area contributed by atoms with E-state index in [1.165, 1.54) is 5.56 Å². The first kappa shape index (κ1) is 19.0. The number of carbonyl (C=O) groups excluding carboxylic acids is 1. The van der Waals surface area contributed by atoms with Crippen LogP contribution in [0.15, 0.2) is 59.9 Å². The van der Waals surface area contributed by atoms with Crippen LogP contribution < -0.4 is 4.74 Å². The van der Waals surface area contributed by atoms with E-state index in [4.69, 9.17) is 4.74 Å². The minimum atomic E-state index is -0.137. The zero-order valence-corrected chi connectivity index (χ0v) is 17.3. The zero-order chi connectivity index (χ0) is 20.5. The molecule has 3 aromatic rings. The highest BCUT2D eigenvalue weighted by Crippen LogP contribution is 2.42. The number of phenols is 1. The van der Waals surface area contributed by atoms with Gasteiger partial charge in [0.25, 0.3) is 0 Å². The van der Waals surface area contributed by atoms with Gasteiger partial charge in [0.2, 0.25) is 5.78 Å². The van der Waals surface area contributed by atoms with Crippen LogP contribution in [-0.4, -0.2) is 27.3 Å². The number of benzene rings is 1.